The molecule has 0 spiro atoms. The molecular weight excluding hydrogens is 1420 g/mol. The Morgan fingerprint density at radius 3 is 0.870 bits per heavy atom. The number of rotatable bonds is 2. The molecule has 0 radical (unpaired) electrons. The van der Waals surface area contributed by atoms with Gasteiger partial charge in [-0.1, -0.05) is 54.6 Å². The second-order valence-electron chi connectivity index (χ2n) is 20.8. The molecule has 100 heavy (non-hydrogen) atoms. The first-order valence-corrected chi connectivity index (χ1v) is 35.4. The smallest absolute Gasteiger partial charge is 0.124 e. The van der Waals surface area contributed by atoms with E-state index in [1.165, 1.54) is 18.1 Å². The molecule has 0 aliphatic carbocycles. The number of nitrogens with zero attached hydrogens (tertiary/aromatic N) is 3. The van der Waals surface area contributed by atoms with Gasteiger partial charge < -0.3 is 88.8 Å². The van der Waals surface area contributed by atoms with E-state index in [1.54, 1.807) is 6.07 Å². The molecule has 10 N–H and O–H groups in total. The molecule has 564 valence electrons. The third kappa shape index (κ3) is 45.3. The van der Waals surface area contributed by atoms with Crippen LogP contribution in [0, 0.1) is 11.3 Å². The van der Waals surface area contributed by atoms with E-state index in [1.807, 2.05) is 138 Å². The Morgan fingerprint density at radius 1 is 0.350 bits per heavy atom. The zero-order valence-electron chi connectivity index (χ0n) is 54.8. The van der Waals surface area contributed by atoms with Crippen molar-refractivity contribution in [3.8, 4) is 51.7 Å². The number of benzene rings is 5. The number of hydrogen-bond acceptors (Lipinski definition) is 14. The number of aryl methyl sites for hydroxylation is 2. The van der Waals surface area contributed by atoms with Crippen LogP contribution in [0.25, 0.3) is 11.1 Å². The molecule has 0 amide bonds. The van der Waals surface area contributed by atoms with Crippen LogP contribution in [0.4, 0.5) is 50.4 Å². The van der Waals surface area contributed by atoms with Gasteiger partial charge >= 0.3 is 66.0 Å². The summed E-state index contributed by atoms with van der Waals surface area (Å²) in [7, 11) is -20.3. The van der Waals surface area contributed by atoms with Gasteiger partial charge in [-0.3, -0.25) is 0 Å². The summed E-state index contributed by atoms with van der Waals surface area (Å²) in [5.41, 5.74) is 6.03. The normalized spacial score (nSPS) is 16.4. The fourth-order valence-corrected chi connectivity index (χ4v) is 11.2. The van der Waals surface area contributed by atoms with Gasteiger partial charge in [0.15, 0.2) is 24.8 Å². The van der Waals surface area contributed by atoms with Crippen molar-refractivity contribution in [1.82, 2.24) is 0 Å². The predicted molar refractivity (Wildman–Crippen MR) is 353 cm³/mol. The SMILES string of the molecule is CC#N.C[n+]1ccc(-c2cc[n+](C)cc2)cc1.F[P-](F)(F)(F)(F)F.F[P-](F)(F)(F)(F)F.O.O.O.O.O.O=P1(c2ccccc2)Cc2cccc(c2)OCc2cc3cc(c2)OCCOCCOCCOCCOc2cc(cc(c2)OCCOCCOCCOCCO3)COc2cccc(c2)C1. The van der Waals surface area contributed by atoms with Crippen molar-refractivity contribution in [3.63, 3.8) is 0 Å². The molecule has 10 bridgehead atoms. The molecule has 3 aliphatic heterocycles. The van der Waals surface area contributed by atoms with Crippen molar-refractivity contribution in [3.05, 3.63) is 187 Å². The monoisotopic (exact) mass is 1510 g/mol. The molecule has 5 heterocycles. The zero-order valence-corrected chi connectivity index (χ0v) is 57.4. The van der Waals surface area contributed by atoms with Crippen molar-refractivity contribution in [2.45, 2.75) is 32.5 Å². The van der Waals surface area contributed by atoms with E-state index in [9.17, 15) is 50.4 Å². The average molecular weight is 1510 g/mol. The minimum atomic E-state index is -10.7. The number of fused-ring (bicyclic) bond motifs is 28. The second kappa shape index (κ2) is 42.0. The Kier molecular flexibility index (Phi) is 38.9. The Labute approximate surface area is 570 Å². The van der Waals surface area contributed by atoms with Gasteiger partial charge in [-0.25, -0.2) is 9.13 Å². The molecule has 2 aromatic heterocycles. The van der Waals surface area contributed by atoms with E-state index < -0.39 is 22.8 Å². The van der Waals surface area contributed by atoms with E-state index in [2.05, 4.69) is 49.1 Å². The first-order valence-electron chi connectivity index (χ1n) is 29.3. The van der Waals surface area contributed by atoms with E-state index in [0.29, 0.717) is 153 Å². The van der Waals surface area contributed by atoms with Crippen LogP contribution in [0.15, 0.2) is 164 Å². The standard InChI is InChI=1S/C50H59O13P.C12H14N2.C2H3N.2F6P.5H2O/c51-64(50-10-2-1-3-11-50)38-40-6-4-8-44(28-40)62-36-42-30-46-34-47(31-42)59-25-21-55-17-13-53-15-19-57-23-27-61-49-33-43(37-63-45-9-5-7-41(29-45)39-64)32-48(35-49)60-26-22-56-18-14-52-12-16-54-20-24-58-46;1-13-7-3-11(4-8-13)12-5-9-14(2)10-6-12;1-2-3;2*1-7(2,3,4,5)6;;;;;/h1-11,28-35H,12-27,36-39H2;3-10H,1-2H3;1H3;;;5*1H2/q;+2;;2*-1;;;;;. The summed E-state index contributed by atoms with van der Waals surface area (Å²) in [6.45, 7) is 8.15. The van der Waals surface area contributed by atoms with Crippen molar-refractivity contribution in [1.29, 1.82) is 5.26 Å². The molecule has 0 unspecified atom stereocenters. The molecule has 0 saturated carbocycles. The Morgan fingerprint density at radius 2 is 0.600 bits per heavy atom. The van der Waals surface area contributed by atoms with Gasteiger partial charge in [0.05, 0.1) is 85.4 Å². The van der Waals surface area contributed by atoms with Crippen LogP contribution in [0.2, 0.25) is 0 Å². The van der Waals surface area contributed by atoms with Crippen LogP contribution < -0.4 is 42.9 Å². The molecule has 3 aliphatic rings. The number of hydrogen-bond donors (Lipinski definition) is 0. The summed E-state index contributed by atoms with van der Waals surface area (Å²) < 4.78 is 209. The van der Waals surface area contributed by atoms with Gasteiger partial charge in [0.2, 0.25) is 0 Å². The Hall–Kier alpha value is -7.50. The summed E-state index contributed by atoms with van der Waals surface area (Å²) >= 11 is 0. The maximum absolute atomic E-state index is 15.2. The van der Waals surface area contributed by atoms with Crippen molar-refractivity contribution < 1.29 is 148 Å². The number of nitriles is 1. The first kappa shape index (κ1) is 92.5. The Balaban J connectivity index is 0.00000225. The number of halogens is 12. The van der Waals surface area contributed by atoms with Crippen LogP contribution in [0.3, 0.4) is 0 Å². The number of pyridine rings is 2. The fraction of sp³-hybridized carbons (Fsp3) is 0.359. The summed E-state index contributed by atoms with van der Waals surface area (Å²) in [4.78, 5) is 0. The predicted octanol–water partition coefficient (Wildman–Crippen LogP) is 12.0. The van der Waals surface area contributed by atoms with Crippen LogP contribution in [-0.4, -0.2) is 133 Å². The van der Waals surface area contributed by atoms with Gasteiger partial charge in [-0.05, 0) is 81.9 Å². The third-order valence-electron chi connectivity index (χ3n) is 12.4. The van der Waals surface area contributed by atoms with Crippen molar-refractivity contribution >= 4 is 28.1 Å². The fourth-order valence-electron chi connectivity index (χ4n) is 8.43. The van der Waals surface area contributed by atoms with Gasteiger partial charge in [0.25, 0.3) is 0 Å². The summed E-state index contributed by atoms with van der Waals surface area (Å²) in [6, 6.07) is 47.0. The van der Waals surface area contributed by atoms with Crippen LogP contribution in [0.5, 0.6) is 34.5 Å². The zero-order chi connectivity index (χ0) is 69.4. The van der Waals surface area contributed by atoms with Crippen LogP contribution >= 0.6 is 22.8 Å². The second-order valence-corrected chi connectivity index (χ2v) is 27.5. The third-order valence-corrected chi connectivity index (χ3v) is 15.3. The summed E-state index contributed by atoms with van der Waals surface area (Å²) in [5.74, 6) is 3.81. The van der Waals surface area contributed by atoms with Gasteiger partial charge in [0, 0.05) is 61.0 Å². The molecule has 10 rings (SSSR count). The Bertz CT molecular complexity index is 3260. The average Bonchev–Trinajstić information content (AvgIpc) is 0.799. The first-order chi connectivity index (χ1) is 44.6. The number of ether oxygens (including phenoxy) is 12. The minimum absolute atomic E-state index is 0. The molecule has 0 saturated heterocycles. The molecule has 7 aromatic rings. The van der Waals surface area contributed by atoms with Gasteiger partial charge in [-0.15, -0.1) is 0 Å². The molecular formula is C64H86F12N3O18P3. The summed E-state index contributed by atoms with van der Waals surface area (Å²) in [6.07, 6.45) is 8.92. The van der Waals surface area contributed by atoms with Crippen molar-refractivity contribution in [2.75, 3.05) is 106 Å². The molecule has 0 atom stereocenters. The largest absolute Gasteiger partial charge is 0.491 e. The summed E-state index contributed by atoms with van der Waals surface area (Å²) in [5, 5.41) is 8.13. The van der Waals surface area contributed by atoms with Crippen LogP contribution in [-0.2, 0) is 72.6 Å². The quantitative estimate of drug-likeness (QED) is 0.0672. The van der Waals surface area contributed by atoms with Crippen LogP contribution in [0.1, 0.15) is 29.2 Å². The molecule has 0 fully saturated rings. The topological polar surface area (TPSA) is 317 Å². The number of aromatic nitrogens is 2. The minimum Gasteiger partial charge on any atom is -0.491 e. The molecule has 5 aromatic carbocycles. The van der Waals surface area contributed by atoms with E-state index in [-0.39, 0.29) is 40.6 Å². The van der Waals surface area contributed by atoms with Gasteiger partial charge in [-0.2, -0.15) is 5.26 Å². The van der Waals surface area contributed by atoms with Gasteiger partial charge in [0.1, 0.15) is 95.4 Å². The molecule has 21 nitrogen and oxygen atoms in total. The maximum Gasteiger partial charge on any atom is 0.124 e. The molecule has 36 heteroatoms. The van der Waals surface area contributed by atoms with E-state index >= 15 is 4.57 Å². The van der Waals surface area contributed by atoms with Crippen molar-refractivity contribution in [2.24, 2.45) is 14.1 Å². The van der Waals surface area contributed by atoms with E-state index in [0.717, 1.165) is 27.6 Å². The maximum atomic E-state index is 15.2. The van der Waals surface area contributed by atoms with E-state index in [4.69, 9.17) is 62.1 Å².